The molecule has 0 spiro atoms. The van der Waals surface area contributed by atoms with Crippen molar-refractivity contribution < 1.29 is 9.53 Å². The van der Waals surface area contributed by atoms with Crippen molar-refractivity contribution in [2.24, 2.45) is 0 Å². The number of ketones is 1. The summed E-state index contributed by atoms with van der Waals surface area (Å²) in [4.78, 5) is 11.2. The van der Waals surface area contributed by atoms with Crippen molar-refractivity contribution in [1.82, 2.24) is 0 Å². The Labute approximate surface area is 84.9 Å². The van der Waals surface area contributed by atoms with Gasteiger partial charge in [-0.15, -0.1) is 0 Å². The zero-order chi connectivity index (χ0) is 10.7. The first-order valence-corrected chi connectivity index (χ1v) is 4.81. The molecule has 0 bridgehead atoms. The minimum atomic E-state index is 0.0965. The highest BCUT2D eigenvalue weighted by Gasteiger charge is 2.07. The van der Waals surface area contributed by atoms with Crippen molar-refractivity contribution in [2.45, 2.75) is 27.7 Å². The number of benzene rings is 1. The molecule has 1 rings (SSSR count). The molecule has 0 aliphatic carbocycles. The first-order chi connectivity index (χ1) is 6.56. The molecule has 0 aliphatic rings. The van der Waals surface area contributed by atoms with E-state index < -0.39 is 0 Å². The maximum Gasteiger partial charge on any atom is 0.159 e. The third-order valence-corrected chi connectivity index (χ3v) is 2.16. The van der Waals surface area contributed by atoms with Crippen molar-refractivity contribution in [3.05, 3.63) is 28.8 Å². The molecule has 0 radical (unpaired) electrons. The van der Waals surface area contributed by atoms with E-state index in [2.05, 4.69) is 0 Å². The van der Waals surface area contributed by atoms with Crippen LogP contribution in [-0.2, 0) is 0 Å². The van der Waals surface area contributed by atoms with E-state index in [4.69, 9.17) is 4.74 Å². The number of rotatable bonds is 3. The molecule has 2 nitrogen and oxygen atoms in total. The van der Waals surface area contributed by atoms with Gasteiger partial charge in [-0.25, -0.2) is 0 Å². The summed E-state index contributed by atoms with van der Waals surface area (Å²) in [6, 6.07) is 3.75. The van der Waals surface area contributed by atoms with E-state index in [0.717, 1.165) is 22.4 Å². The molecule has 0 unspecified atom stereocenters. The Morgan fingerprint density at radius 1 is 1.29 bits per heavy atom. The van der Waals surface area contributed by atoms with Gasteiger partial charge in [-0.3, -0.25) is 4.79 Å². The lowest BCUT2D eigenvalue weighted by Crippen LogP contribution is -2.00. The van der Waals surface area contributed by atoms with E-state index >= 15 is 0 Å². The fourth-order valence-corrected chi connectivity index (χ4v) is 1.53. The van der Waals surface area contributed by atoms with E-state index in [1.165, 1.54) is 0 Å². The Balaban J connectivity index is 3.18. The van der Waals surface area contributed by atoms with Crippen LogP contribution in [0.25, 0.3) is 0 Å². The smallest absolute Gasteiger partial charge is 0.159 e. The topological polar surface area (TPSA) is 26.3 Å². The fraction of sp³-hybridized carbons (Fsp3) is 0.417. The maximum atomic E-state index is 11.2. The highest BCUT2D eigenvalue weighted by atomic mass is 16.5. The van der Waals surface area contributed by atoms with Crippen LogP contribution in [0.3, 0.4) is 0 Å². The normalized spacial score (nSPS) is 10.0. The number of hydrogen-bond donors (Lipinski definition) is 0. The number of ether oxygens (including phenoxy) is 1. The minimum absolute atomic E-state index is 0.0965. The van der Waals surface area contributed by atoms with Gasteiger partial charge in [0.2, 0.25) is 0 Å². The van der Waals surface area contributed by atoms with Gasteiger partial charge in [0.05, 0.1) is 6.61 Å². The van der Waals surface area contributed by atoms with Gasteiger partial charge in [0.1, 0.15) is 5.75 Å². The number of hydrogen-bond acceptors (Lipinski definition) is 2. The standard InChI is InChI=1S/C12H16O2/c1-5-14-12-8(2)6-11(10(4)13)7-9(12)3/h6-7H,5H2,1-4H3. The number of carbonyl (C=O) groups is 1. The first-order valence-electron chi connectivity index (χ1n) is 4.81. The summed E-state index contributed by atoms with van der Waals surface area (Å²) in [5.74, 6) is 0.997. The van der Waals surface area contributed by atoms with Crippen LogP contribution in [0.2, 0.25) is 0 Å². The van der Waals surface area contributed by atoms with E-state index in [9.17, 15) is 4.79 Å². The Morgan fingerprint density at radius 2 is 1.79 bits per heavy atom. The molecule has 1 aromatic carbocycles. The molecule has 1 aromatic rings. The van der Waals surface area contributed by atoms with Crippen molar-refractivity contribution >= 4 is 5.78 Å². The Bertz CT molecular complexity index is 330. The van der Waals surface area contributed by atoms with Gasteiger partial charge in [0.25, 0.3) is 0 Å². The molecule has 0 heterocycles. The van der Waals surface area contributed by atoms with Crippen LogP contribution >= 0.6 is 0 Å². The largest absolute Gasteiger partial charge is 0.493 e. The lowest BCUT2D eigenvalue weighted by Gasteiger charge is -2.11. The summed E-state index contributed by atoms with van der Waals surface area (Å²) in [5.41, 5.74) is 2.80. The number of Topliss-reactive ketones (excluding diaryl/α,β-unsaturated/α-hetero) is 1. The van der Waals surface area contributed by atoms with E-state index in [-0.39, 0.29) is 5.78 Å². The predicted octanol–water partition coefficient (Wildman–Crippen LogP) is 2.90. The van der Waals surface area contributed by atoms with Gasteiger partial charge >= 0.3 is 0 Å². The van der Waals surface area contributed by atoms with Crippen LogP contribution in [0.4, 0.5) is 0 Å². The van der Waals surface area contributed by atoms with Crippen LogP contribution in [0.15, 0.2) is 12.1 Å². The maximum absolute atomic E-state index is 11.2. The zero-order valence-corrected chi connectivity index (χ0v) is 9.18. The van der Waals surface area contributed by atoms with E-state index in [1.807, 2.05) is 32.9 Å². The lowest BCUT2D eigenvalue weighted by atomic mass is 10.0. The van der Waals surface area contributed by atoms with Gasteiger partial charge in [0.15, 0.2) is 5.78 Å². The molecule has 14 heavy (non-hydrogen) atoms. The van der Waals surface area contributed by atoms with Crippen molar-refractivity contribution in [3.8, 4) is 5.75 Å². The third kappa shape index (κ3) is 2.13. The molecule has 2 heteroatoms. The van der Waals surface area contributed by atoms with E-state index in [0.29, 0.717) is 6.61 Å². The van der Waals surface area contributed by atoms with Crippen LogP contribution < -0.4 is 4.74 Å². The molecule has 0 aliphatic heterocycles. The summed E-state index contributed by atoms with van der Waals surface area (Å²) in [6.07, 6.45) is 0. The summed E-state index contributed by atoms with van der Waals surface area (Å²) >= 11 is 0. The van der Waals surface area contributed by atoms with Crippen LogP contribution in [0, 0.1) is 13.8 Å². The second kappa shape index (κ2) is 4.27. The Hall–Kier alpha value is -1.31. The van der Waals surface area contributed by atoms with Crippen LogP contribution in [0.1, 0.15) is 35.3 Å². The monoisotopic (exact) mass is 192 g/mol. The lowest BCUT2D eigenvalue weighted by molar-refractivity contribution is 0.101. The molecule has 0 amide bonds. The molecule has 0 aromatic heterocycles. The minimum Gasteiger partial charge on any atom is -0.493 e. The molecular formula is C12H16O2. The summed E-state index contributed by atoms with van der Waals surface area (Å²) in [7, 11) is 0. The number of aryl methyl sites for hydroxylation is 2. The van der Waals surface area contributed by atoms with Crippen molar-refractivity contribution in [1.29, 1.82) is 0 Å². The Kier molecular flexibility index (Phi) is 3.28. The summed E-state index contributed by atoms with van der Waals surface area (Å²) in [5, 5.41) is 0. The van der Waals surface area contributed by atoms with E-state index in [1.54, 1.807) is 6.92 Å². The van der Waals surface area contributed by atoms with Crippen molar-refractivity contribution in [2.75, 3.05) is 6.61 Å². The zero-order valence-electron chi connectivity index (χ0n) is 9.18. The molecule has 0 fully saturated rings. The van der Waals surface area contributed by atoms with Gasteiger partial charge in [-0.1, -0.05) is 0 Å². The summed E-state index contributed by atoms with van der Waals surface area (Å²) in [6.45, 7) is 8.11. The quantitative estimate of drug-likeness (QED) is 0.688. The second-order valence-corrected chi connectivity index (χ2v) is 3.43. The molecule has 76 valence electrons. The highest BCUT2D eigenvalue weighted by Crippen LogP contribution is 2.24. The molecule has 0 N–H and O–H groups in total. The molecule has 0 saturated heterocycles. The summed E-state index contributed by atoms with van der Waals surface area (Å²) < 4.78 is 5.49. The van der Waals surface area contributed by atoms with Crippen molar-refractivity contribution in [3.63, 3.8) is 0 Å². The molecule has 0 atom stereocenters. The average molecular weight is 192 g/mol. The van der Waals surface area contributed by atoms with Gasteiger partial charge in [0, 0.05) is 5.56 Å². The van der Waals surface area contributed by atoms with Gasteiger partial charge < -0.3 is 4.74 Å². The Morgan fingerprint density at radius 3 is 2.14 bits per heavy atom. The van der Waals surface area contributed by atoms with Crippen LogP contribution in [-0.4, -0.2) is 12.4 Å². The second-order valence-electron chi connectivity index (χ2n) is 3.43. The highest BCUT2D eigenvalue weighted by molar-refractivity contribution is 5.94. The fourth-order valence-electron chi connectivity index (χ4n) is 1.53. The van der Waals surface area contributed by atoms with Gasteiger partial charge in [-0.05, 0) is 51.0 Å². The number of carbonyl (C=O) groups excluding carboxylic acids is 1. The average Bonchev–Trinajstić information content (AvgIpc) is 2.10. The molecule has 0 saturated carbocycles. The van der Waals surface area contributed by atoms with Crippen LogP contribution in [0.5, 0.6) is 5.75 Å². The third-order valence-electron chi connectivity index (χ3n) is 2.16. The molecular weight excluding hydrogens is 176 g/mol. The first kappa shape index (κ1) is 10.8. The van der Waals surface area contributed by atoms with Gasteiger partial charge in [-0.2, -0.15) is 0 Å². The predicted molar refractivity (Wildman–Crippen MR) is 57.1 cm³/mol. The SMILES string of the molecule is CCOc1c(C)cc(C(C)=O)cc1C.